The third kappa shape index (κ3) is 1.95. The fraction of sp³-hybridized carbons (Fsp3) is 0.0625. The van der Waals surface area contributed by atoms with E-state index in [4.69, 9.17) is 0 Å². The lowest BCUT2D eigenvalue weighted by Gasteiger charge is -1.97. The maximum Gasteiger partial charge on any atom is 0.262 e. The second-order valence-electron chi connectivity index (χ2n) is 4.18. The van der Waals surface area contributed by atoms with E-state index < -0.39 is 0 Å². The lowest BCUT2D eigenvalue weighted by molar-refractivity contribution is -0.659. The molecular formula is C16H14NS+. The van der Waals surface area contributed by atoms with Gasteiger partial charge in [0.15, 0.2) is 6.54 Å². The van der Waals surface area contributed by atoms with E-state index in [0.29, 0.717) is 0 Å². The summed E-state index contributed by atoms with van der Waals surface area (Å²) in [6.45, 7) is 4.81. The number of benzene rings is 2. The summed E-state index contributed by atoms with van der Waals surface area (Å²) in [5.41, 5.74) is 2.59. The third-order valence-corrected chi connectivity index (χ3v) is 4.16. The lowest BCUT2D eigenvalue weighted by Crippen LogP contribution is -2.35. The van der Waals surface area contributed by atoms with Crippen LogP contribution in [0, 0.1) is 0 Å². The van der Waals surface area contributed by atoms with Gasteiger partial charge in [-0.05, 0) is 6.07 Å². The molecule has 0 N–H and O–H groups in total. The highest BCUT2D eigenvalue weighted by Gasteiger charge is 2.17. The lowest BCUT2D eigenvalue weighted by atomic mass is 10.2. The number of thiazole rings is 1. The van der Waals surface area contributed by atoms with Gasteiger partial charge in [0.05, 0.1) is 0 Å². The van der Waals surface area contributed by atoms with Crippen molar-refractivity contribution < 1.29 is 4.57 Å². The predicted molar refractivity (Wildman–Crippen MR) is 77.7 cm³/mol. The zero-order valence-electron chi connectivity index (χ0n) is 10.0. The SMILES string of the molecule is C=Cc1sc2ccccc2[n+]1Cc1ccccc1. The molecule has 0 saturated carbocycles. The molecule has 3 aromatic rings. The molecule has 0 aliphatic heterocycles. The Bertz CT molecular complexity index is 683. The maximum absolute atomic E-state index is 3.92. The Morgan fingerprint density at radius 3 is 2.50 bits per heavy atom. The van der Waals surface area contributed by atoms with Crippen LogP contribution in [-0.4, -0.2) is 0 Å². The number of aromatic nitrogens is 1. The fourth-order valence-corrected chi connectivity index (χ4v) is 3.15. The van der Waals surface area contributed by atoms with Gasteiger partial charge in [-0.3, -0.25) is 0 Å². The van der Waals surface area contributed by atoms with Gasteiger partial charge in [0.2, 0.25) is 5.52 Å². The number of rotatable bonds is 3. The maximum atomic E-state index is 3.92. The van der Waals surface area contributed by atoms with E-state index in [-0.39, 0.29) is 0 Å². The highest BCUT2D eigenvalue weighted by Crippen LogP contribution is 2.21. The van der Waals surface area contributed by atoms with Gasteiger partial charge in [0, 0.05) is 17.7 Å². The smallest absolute Gasteiger partial charge is 0.178 e. The Morgan fingerprint density at radius 1 is 1.00 bits per heavy atom. The van der Waals surface area contributed by atoms with Crippen LogP contribution in [-0.2, 0) is 6.54 Å². The number of hydrogen-bond acceptors (Lipinski definition) is 1. The number of nitrogens with zero attached hydrogens (tertiary/aromatic N) is 1. The van der Waals surface area contributed by atoms with E-state index in [1.807, 2.05) is 12.1 Å². The Kier molecular flexibility index (Phi) is 2.95. The van der Waals surface area contributed by atoms with Gasteiger partial charge in [-0.1, -0.05) is 60.4 Å². The molecule has 0 bridgehead atoms. The molecule has 2 heteroatoms. The molecular weight excluding hydrogens is 238 g/mol. The zero-order chi connectivity index (χ0) is 12.4. The summed E-state index contributed by atoms with van der Waals surface area (Å²) in [6.07, 6.45) is 1.94. The molecule has 0 aliphatic carbocycles. The topological polar surface area (TPSA) is 3.88 Å². The second kappa shape index (κ2) is 4.75. The van der Waals surface area contributed by atoms with Crippen LogP contribution < -0.4 is 4.57 Å². The summed E-state index contributed by atoms with van der Waals surface area (Å²) < 4.78 is 3.63. The number of hydrogen-bond donors (Lipinski definition) is 0. The van der Waals surface area contributed by atoms with Crippen LogP contribution in [0.4, 0.5) is 0 Å². The Hall–Kier alpha value is -1.93. The van der Waals surface area contributed by atoms with Crippen molar-refractivity contribution in [3.05, 3.63) is 71.7 Å². The first kappa shape index (κ1) is 11.2. The summed E-state index contributed by atoms with van der Waals surface area (Å²) in [6, 6.07) is 19.0. The highest BCUT2D eigenvalue weighted by molar-refractivity contribution is 7.18. The summed E-state index contributed by atoms with van der Waals surface area (Å²) in [4.78, 5) is 0. The zero-order valence-corrected chi connectivity index (χ0v) is 10.9. The monoisotopic (exact) mass is 252 g/mol. The van der Waals surface area contributed by atoms with Gasteiger partial charge in [-0.25, -0.2) is 0 Å². The quantitative estimate of drug-likeness (QED) is 0.623. The Labute approximate surface area is 111 Å². The van der Waals surface area contributed by atoms with Crippen molar-refractivity contribution in [2.24, 2.45) is 0 Å². The summed E-state index contributed by atoms with van der Waals surface area (Å²) >= 11 is 1.79. The van der Waals surface area contributed by atoms with Crippen molar-refractivity contribution in [2.45, 2.75) is 6.54 Å². The van der Waals surface area contributed by atoms with Crippen LogP contribution in [0.2, 0.25) is 0 Å². The molecule has 1 heterocycles. The van der Waals surface area contributed by atoms with E-state index in [1.165, 1.54) is 20.8 Å². The van der Waals surface area contributed by atoms with E-state index in [9.17, 15) is 0 Å². The van der Waals surface area contributed by atoms with Crippen molar-refractivity contribution in [3.63, 3.8) is 0 Å². The van der Waals surface area contributed by atoms with Crippen LogP contribution in [0.5, 0.6) is 0 Å². The summed E-state index contributed by atoms with van der Waals surface area (Å²) in [5.74, 6) is 0. The molecule has 0 spiro atoms. The molecule has 3 rings (SSSR count). The Balaban J connectivity index is 2.12. The molecule has 0 amide bonds. The predicted octanol–water partition coefficient (Wildman–Crippen LogP) is 3.88. The van der Waals surface area contributed by atoms with Crippen LogP contribution in [0.3, 0.4) is 0 Å². The van der Waals surface area contributed by atoms with Crippen LogP contribution >= 0.6 is 11.3 Å². The number of fused-ring (bicyclic) bond motifs is 1. The average Bonchev–Trinajstić information content (AvgIpc) is 2.78. The first-order valence-electron chi connectivity index (χ1n) is 5.96. The van der Waals surface area contributed by atoms with Gasteiger partial charge in [0.25, 0.3) is 5.01 Å². The van der Waals surface area contributed by atoms with Gasteiger partial charge in [0.1, 0.15) is 4.70 Å². The second-order valence-corrected chi connectivity index (χ2v) is 5.25. The molecule has 1 nitrogen and oxygen atoms in total. The molecule has 0 atom stereocenters. The van der Waals surface area contributed by atoms with E-state index in [1.54, 1.807) is 11.3 Å². The van der Waals surface area contributed by atoms with Gasteiger partial charge >= 0.3 is 0 Å². The third-order valence-electron chi connectivity index (χ3n) is 2.99. The minimum absolute atomic E-state index is 0.895. The molecule has 88 valence electrons. The van der Waals surface area contributed by atoms with Crippen molar-refractivity contribution >= 4 is 27.6 Å². The van der Waals surface area contributed by atoms with Crippen LogP contribution in [0.25, 0.3) is 16.3 Å². The highest BCUT2D eigenvalue weighted by atomic mass is 32.1. The summed E-state index contributed by atoms with van der Waals surface area (Å²) in [7, 11) is 0. The molecule has 1 aromatic heterocycles. The standard InChI is InChI=1S/C16H14NS/c1-2-16-17(12-13-8-4-3-5-9-13)14-10-6-7-11-15(14)18-16/h2-11H,1,12H2/q+1. The normalized spacial score (nSPS) is 10.7. The van der Waals surface area contributed by atoms with Crippen LogP contribution in [0.15, 0.2) is 61.2 Å². The Morgan fingerprint density at radius 2 is 1.72 bits per heavy atom. The van der Waals surface area contributed by atoms with Crippen molar-refractivity contribution in [1.29, 1.82) is 0 Å². The van der Waals surface area contributed by atoms with Gasteiger partial charge in [-0.2, -0.15) is 4.57 Å². The number of para-hydroxylation sites is 1. The molecule has 18 heavy (non-hydrogen) atoms. The molecule has 0 aliphatic rings. The van der Waals surface area contributed by atoms with E-state index in [0.717, 1.165) is 6.54 Å². The first-order chi connectivity index (χ1) is 8.88. The van der Waals surface area contributed by atoms with Gasteiger partial charge in [-0.15, -0.1) is 0 Å². The van der Waals surface area contributed by atoms with Crippen LogP contribution in [0.1, 0.15) is 10.6 Å². The van der Waals surface area contributed by atoms with E-state index >= 15 is 0 Å². The minimum Gasteiger partial charge on any atom is -0.178 e. The molecule has 0 radical (unpaired) electrons. The van der Waals surface area contributed by atoms with Gasteiger partial charge < -0.3 is 0 Å². The van der Waals surface area contributed by atoms with E-state index in [2.05, 4.69) is 59.7 Å². The van der Waals surface area contributed by atoms with Crippen molar-refractivity contribution in [3.8, 4) is 0 Å². The molecule has 0 unspecified atom stereocenters. The first-order valence-corrected chi connectivity index (χ1v) is 6.78. The fourth-order valence-electron chi connectivity index (χ4n) is 2.13. The molecule has 2 aromatic carbocycles. The van der Waals surface area contributed by atoms with Crippen molar-refractivity contribution in [1.82, 2.24) is 0 Å². The van der Waals surface area contributed by atoms with Crippen molar-refractivity contribution in [2.75, 3.05) is 0 Å². The minimum atomic E-state index is 0.895. The largest absolute Gasteiger partial charge is 0.262 e. The molecule has 0 fully saturated rings. The average molecular weight is 252 g/mol. The molecule has 0 saturated heterocycles. The summed E-state index contributed by atoms with van der Waals surface area (Å²) in [5, 5.41) is 1.21.